The highest BCUT2D eigenvalue weighted by molar-refractivity contribution is 6.25. The van der Waals surface area contributed by atoms with Crippen LogP contribution < -0.4 is 5.32 Å². The number of halogens is 1. The molecule has 1 aliphatic heterocycles. The van der Waals surface area contributed by atoms with Crippen LogP contribution >= 0.6 is 11.6 Å². The highest BCUT2D eigenvalue weighted by atomic mass is 35.5. The molecule has 1 spiro atoms. The van der Waals surface area contributed by atoms with Gasteiger partial charge < -0.3 is 5.32 Å². The average molecular weight is 305 g/mol. The van der Waals surface area contributed by atoms with Crippen LogP contribution in [-0.4, -0.2) is 30.1 Å². The standard InChI is InChI=1S/C18H25ClN2/c19-12-7-13-21-15-18(10-5-2-6-11-18)20-14-17(21)16-8-3-1-4-9-16/h1,3-4,7-9,12,17,20H,2,5-6,10-11,13-15H2/b12-7+. The first-order chi connectivity index (χ1) is 10.3. The van der Waals surface area contributed by atoms with E-state index >= 15 is 0 Å². The predicted octanol–water partition coefficient (Wildman–Crippen LogP) is 4.09. The number of nitrogens with zero attached hydrogens (tertiary/aromatic N) is 1. The van der Waals surface area contributed by atoms with Crippen LogP contribution in [0.3, 0.4) is 0 Å². The monoisotopic (exact) mass is 304 g/mol. The summed E-state index contributed by atoms with van der Waals surface area (Å²) in [6.45, 7) is 3.11. The van der Waals surface area contributed by atoms with Crippen LogP contribution in [0.2, 0.25) is 0 Å². The van der Waals surface area contributed by atoms with Crippen molar-refractivity contribution in [3.05, 3.63) is 47.5 Å². The minimum absolute atomic E-state index is 0.337. The van der Waals surface area contributed by atoms with E-state index in [0.717, 1.165) is 19.6 Å². The second-order valence-electron chi connectivity index (χ2n) is 6.44. The molecule has 1 heterocycles. The molecule has 0 amide bonds. The van der Waals surface area contributed by atoms with Gasteiger partial charge in [0.15, 0.2) is 0 Å². The Hall–Kier alpha value is -0.830. The van der Waals surface area contributed by atoms with Crippen molar-refractivity contribution in [2.24, 2.45) is 0 Å². The Kier molecular flexibility index (Phi) is 4.99. The van der Waals surface area contributed by atoms with E-state index in [4.69, 9.17) is 11.6 Å². The summed E-state index contributed by atoms with van der Waals surface area (Å²) in [6, 6.07) is 11.3. The normalized spacial score (nSPS) is 26.4. The lowest BCUT2D eigenvalue weighted by Gasteiger charge is -2.49. The molecule has 3 heteroatoms. The third kappa shape index (κ3) is 3.50. The van der Waals surface area contributed by atoms with Crippen LogP contribution in [0.15, 0.2) is 41.9 Å². The molecule has 2 aliphatic rings. The molecule has 1 aromatic carbocycles. The summed E-state index contributed by atoms with van der Waals surface area (Å²) in [6.07, 6.45) is 8.82. The largest absolute Gasteiger partial charge is 0.308 e. The molecule has 3 rings (SSSR count). The van der Waals surface area contributed by atoms with Crippen LogP contribution in [-0.2, 0) is 0 Å². The minimum Gasteiger partial charge on any atom is -0.308 e. The fourth-order valence-electron chi connectivity index (χ4n) is 3.93. The fourth-order valence-corrected chi connectivity index (χ4v) is 4.01. The van der Waals surface area contributed by atoms with Gasteiger partial charge in [-0.2, -0.15) is 0 Å². The molecular formula is C18H25ClN2. The summed E-state index contributed by atoms with van der Waals surface area (Å²) < 4.78 is 0. The first-order valence-corrected chi connectivity index (χ1v) is 8.56. The van der Waals surface area contributed by atoms with E-state index in [-0.39, 0.29) is 0 Å². The quantitative estimate of drug-likeness (QED) is 0.905. The van der Waals surface area contributed by atoms with E-state index < -0.39 is 0 Å². The maximum atomic E-state index is 5.77. The summed E-state index contributed by atoms with van der Waals surface area (Å²) in [4.78, 5) is 2.59. The zero-order valence-corrected chi connectivity index (χ0v) is 13.4. The maximum Gasteiger partial charge on any atom is 0.0476 e. The Morgan fingerprint density at radius 3 is 2.67 bits per heavy atom. The number of hydrogen-bond acceptors (Lipinski definition) is 2. The Bertz CT molecular complexity index is 465. The van der Waals surface area contributed by atoms with Crippen molar-refractivity contribution >= 4 is 11.6 Å². The van der Waals surface area contributed by atoms with Gasteiger partial charge in [-0.15, -0.1) is 0 Å². The van der Waals surface area contributed by atoms with Gasteiger partial charge in [-0.25, -0.2) is 0 Å². The molecule has 1 aromatic rings. The van der Waals surface area contributed by atoms with Crippen LogP contribution in [0.25, 0.3) is 0 Å². The summed E-state index contributed by atoms with van der Waals surface area (Å²) in [5, 5.41) is 3.89. The van der Waals surface area contributed by atoms with Crippen molar-refractivity contribution < 1.29 is 0 Å². The van der Waals surface area contributed by atoms with Gasteiger partial charge in [-0.1, -0.05) is 67.3 Å². The van der Waals surface area contributed by atoms with Gasteiger partial charge in [0.25, 0.3) is 0 Å². The van der Waals surface area contributed by atoms with Crippen molar-refractivity contribution in [3.8, 4) is 0 Å². The van der Waals surface area contributed by atoms with E-state index in [1.54, 1.807) is 5.54 Å². The number of benzene rings is 1. The highest BCUT2D eigenvalue weighted by Crippen LogP contribution is 2.35. The molecule has 1 aliphatic carbocycles. The summed E-state index contributed by atoms with van der Waals surface area (Å²) in [7, 11) is 0. The molecule has 2 fully saturated rings. The second kappa shape index (κ2) is 6.95. The van der Waals surface area contributed by atoms with Crippen molar-refractivity contribution in [2.75, 3.05) is 19.6 Å². The lowest BCUT2D eigenvalue weighted by Crippen LogP contribution is -2.61. The Balaban J connectivity index is 1.78. The molecule has 1 saturated heterocycles. The van der Waals surface area contributed by atoms with Gasteiger partial charge in [0.05, 0.1) is 0 Å². The van der Waals surface area contributed by atoms with Crippen molar-refractivity contribution in [3.63, 3.8) is 0 Å². The number of hydrogen-bond donors (Lipinski definition) is 1. The van der Waals surface area contributed by atoms with E-state index in [1.165, 1.54) is 37.7 Å². The molecule has 114 valence electrons. The SMILES string of the molecule is Cl/C=C/CN1CC2(CCCCC2)NCC1c1ccccc1. The third-order valence-corrected chi connectivity index (χ3v) is 5.22. The van der Waals surface area contributed by atoms with E-state index in [1.807, 2.05) is 0 Å². The topological polar surface area (TPSA) is 15.3 Å². The number of nitrogens with one attached hydrogen (secondary N) is 1. The van der Waals surface area contributed by atoms with E-state index in [2.05, 4.69) is 46.6 Å². The van der Waals surface area contributed by atoms with Gasteiger partial charge in [-0.3, -0.25) is 4.90 Å². The molecule has 0 radical (unpaired) electrons. The minimum atomic E-state index is 0.337. The van der Waals surface area contributed by atoms with E-state index in [9.17, 15) is 0 Å². The third-order valence-electron chi connectivity index (χ3n) is 5.04. The lowest BCUT2D eigenvalue weighted by molar-refractivity contribution is 0.0642. The van der Waals surface area contributed by atoms with Gasteiger partial charge in [0.1, 0.15) is 0 Å². The Morgan fingerprint density at radius 1 is 1.19 bits per heavy atom. The van der Waals surface area contributed by atoms with Crippen LogP contribution in [0.4, 0.5) is 0 Å². The number of piperazine rings is 1. The molecule has 0 aromatic heterocycles. The maximum absolute atomic E-state index is 5.77. The van der Waals surface area contributed by atoms with Crippen molar-refractivity contribution in [2.45, 2.75) is 43.7 Å². The van der Waals surface area contributed by atoms with Crippen molar-refractivity contribution in [1.82, 2.24) is 10.2 Å². The summed E-state index contributed by atoms with van der Waals surface area (Å²) in [5.74, 6) is 0. The molecule has 1 unspecified atom stereocenters. The second-order valence-corrected chi connectivity index (χ2v) is 6.69. The first-order valence-electron chi connectivity index (χ1n) is 8.12. The lowest BCUT2D eigenvalue weighted by atomic mass is 9.79. The molecule has 2 nitrogen and oxygen atoms in total. The van der Waals surface area contributed by atoms with Gasteiger partial charge >= 0.3 is 0 Å². The Labute approximate surface area is 133 Å². The van der Waals surface area contributed by atoms with Crippen LogP contribution in [0.1, 0.15) is 43.7 Å². The van der Waals surface area contributed by atoms with Crippen LogP contribution in [0.5, 0.6) is 0 Å². The van der Waals surface area contributed by atoms with Gasteiger partial charge in [-0.05, 0) is 18.4 Å². The Morgan fingerprint density at radius 2 is 1.95 bits per heavy atom. The average Bonchev–Trinajstić information content (AvgIpc) is 2.55. The van der Waals surface area contributed by atoms with Crippen LogP contribution in [0, 0.1) is 0 Å². The van der Waals surface area contributed by atoms with Gasteiger partial charge in [0.2, 0.25) is 0 Å². The molecule has 21 heavy (non-hydrogen) atoms. The van der Waals surface area contributed by atoms with Gasteiger partial charge in [0, 0.05) is 36.8 Å². The molecule has 0 bridgehead atoms. The zero-order chi connectivity index (χ0) is 14.5. The summed E-state index contributed by atoms with van der Waals surface area (Å²) >= 11 is 5.77. The van der Waals surface area contributed by atoms with Crippen molar-refractivity contribution in [1.29, 1.82) is 0 Å². The molecule has 1 saturated carbocycles. The predicted molar refractivity (Wildman–Crippen MR) is 89.6 cm³/mol. The molecule has 1 atom stereocenters. The molecular weight excluding hydrogens is 280 g/mol. The summed E-state index contributed by atoms with van der Waals surface area (Å²) in [5.41, 5.74) is 3.39. The fraction of sp³-hybridized carbons (Fsp3) is 0.556. The molecule has 1 N–H and O–H groups in total. The smallest absolute Gasteiger partial charge is 0.0476 e. The zero-order valence-electron chi connectivity index (χ0n) is 12.6. The number of rotatable bonds is 3. The first kappa shape index (κ1) is 15.1. The highest BCUT2D eigenvalue weighted by Gasteiger charge is 2.39. The van der Waals surface area contributed by atoms with E-state index in [0.29, 0.717) is 11.6 Å².